The summed E-state index contributed by atoms with van der Waals surface area (Å²) in [4.78, 5) is 10.3. The van der Waals surface area contributed by atoms with Crippen LogP contribution in [0.25, 0.3) is 0 Å². The minimum atomic E-state index is -0.533. The van der Waals surface area contributed by atoms with E-state index in [2.05, 4.69) is 4.74 Å². The van der Waals surface area contributed by atoms with Crippen molar-refractivity contribution < 1.29 is 14.6 Å². The van der Waals surface area contributed by atoms with Gasteiger partial charge in [0, 0.05) is 18.2 Å². The normalized spacial score (nSPS) is 10.4. The minimum absolute atomic E-state index is 0.189. The summed E-state index contributed by atoms with van der Waals surface area (Å²) in [5.41, 5.74) is -0.533. The van der Waals surface area contributed by atoms with E-state index in [-0.39, 0.29) is 5.97 Å². The summed E-state index contributed by atoms with van der Waals surface area (Å²) in [6, 6.07) is 0. The van der Waals surface area contributed by atoms with Gasteiger partial charge in [0.05, 0.1) is 12.7 Å². The lowest BCUT2D eigenvalue weighted by Crippen LogP contribution is -2.17. The number of methoxy groups -OCH3 is 1. The maximum Gasteiger partial charge on any atom is 0.305 e. The van der Waals surface area contributed by atoms with Gasteiger partial charge in [0.25, 0.3) is 0 Å². The number of alkyl halides is 2. The van der Waals surface area contributed by atoms with Crippen molar-refractivity contribution in [3.63, 3.8) is 0 Å². The summed E-state index contributed by atoms with van der Waals surface area (Å²) >= 11 is 10.7. The average Bonchev–Trinajstić information content (AvgIpc) is 2.22. The second kappa shape index (κ2) is 11.5. The summed E-state index contributed by atoms with van der Waals surface area (Å²) in [6.07, 6.45) is 2.82. The number of hydrogen-bond donors (Lipinski definition) is 1. The van der Waals surface area contributed by atoms with E-state index >= 15 is 0 Å². The Morgan fingerprint density at radius 2 is 1.75 bits per heavy atom. The van der Waals surface area contributed by atoms with Gasteiger partial charge in [-0.3, -0.25) is 4.79 Å². The van der Waals surface area contributed by atoms with E-state index in [4.69, 9.17) is 28.3 Å². The van der Waals surface area contributed by atoms with Crippen molar-refractivity contribution in [2.75, 3.05) is 18.9 Å². The van der Waals surface area contributed by atoms with Gasteiger partial charge in [-0.1, -0.05) is 0 Å². The smallest absolute Gasteiger partial charge is 0.305 e. The SMILES string of the molecule is CC(C)(O)CCCCl.COC(=O)CCCCl. The Balaban J connectivity index is 0. The van der Waals surface area contributed by atoms with Crippen molar-refractivity contribution in [1.29, 1.82) is 0 Å². The van der Waals surface area contributed by atoms with Gasteiger partial charge in [-0.25, -0.2) is 0 Å². The first-order chi connectivity index (χ1) is 7.37. The minimum Gasteiger partial charge on any atom is -0.469 e. The Labute approximate surface area is 108 Å². The maximum absolute atomic E-state index is 10.3. The number of rotatable bonds is 6. The summed E-state index contributed by atoms with van der Waals surface area (Å²) < 4.78 is 4.35. The highest BCUT2D eigenvalue weighted by atomic mass is 35.5. The molecular weight excluding hydrogens is 251 g/mol. The van der Waals surface area contributed by atoms with Gasteiger partial charge >= 0.3 is 5.97 Å². The Hall–Kier alpha value is 0.01000. The van der Waals surface area contributed by atoms with Gasteiger partial charge in [-0.2, -0.15) is 0 Å². The predicted molar refractivity (Wildman–Crippen MR) is 68.2 cm³/mol. The van der Waals surface area contributed by atoms with E-state index in [0.29, 0.717) is 24.6 Å². The molecule has 0 rings (SSSR count). The molecule has 0 saturated heterocycles. The first-order valence-electron chi connectivity index (χ1n) is 5.28. The van der Waals surface area contributed by atoms with Crippen LogP contribution in [-0.4, -0.2) is 35.5 Å². The Morgan fingerprint density at radius 1 is 1.25 bits per heavy atom. The topological polar surface area (TPSA) is 46.5 Å². The van der Waals surface area contributed by atoms with Crippen LogP contribution in [-0.2, 0) is 9.53 Å². The molecule has 0 radical (unpaired) electrons. The third-order valence-corrected chi connectivity index (χ3v) is 2.20. The molecule has 0 amide bonds. The average molecular weight is 273 g/mol. The highest BCUT2D eigenvalue weighted by Crippen LogP contribution is 2.09. The van der Waals surface area contributed by atoms with Gasteiger partial charge in [0.15, 0.2) is 0 Å². The van der Waals surface area contributed by atoms with E-state index in [0.717, 1.165) is 12.8 Å². The lowest BCUT2D eigenvalue weighted by molar-refractivity contribution is -0.140. The standard InChI is InChI=1S/C6H13ClO.C5H9ClO2/c1-6(2,8)4-3-5-7;1-8-5(7)3-2-4-6/h8H,3-5H2,1-2H3;2-4H2,1H3. The van der Waals surface area contributed by atoms with Crippen LogP contribution in [0.3, 0.4) is 0 Å². The number of hydrogen-bond acceptors (Lipinski definition) is 3. The van der Waals surface area contributed by atoms with E-state index in [1.807, 2.05) is 0 Å². The molecule has 16 heavy (non-hydrogen) atoms. The monoisotopic (exact) mass is 272 g/mol. The second-order valence-electron chi connectivity index (χ2n) is 3.97. The molecule has 0 aliphatic rings. The third-order valence-electron chi connectivity index (χ3n) is 1.66. The molecule has 0 aliphatic carbocycles. The number of aliphatic hydroxyl groups is 1. The van der Waals surface area contributed by atoms with Crippen LogP contribution in [0.15, 0.2) is 0 Å². The molecule has 98 valence electrons. The van der Waals surface area contributed by atoms with Crippen molar-refractivity contribution in [2.45, 2.75) is 45.1 Å². The van der Waals surface area contributed by atoms with Crippen molar-refractivity contribution in [1.82, 2.24) is 0 Å². The second-order valence-corrected chi connectivity index (χ2v) is 4.73. The van der Waals surface area contributed by atoms with E-state index in [1.54, 1.807) is 13.8 Å². The molecule has 0 aromatic carbocycles. The molecule has 0 unspecified atom stereocenters. The molecule has 0 spiro atoms. The molecule has 0 aliphatic heterocycles. The number of ether oxygens (including phenoxy) is 1. The first-order valence-corrected chi connectivity index (χ1v) is 6.35. The van der Waals surface area contributed by atoms with Crippen LogP contribution in [0, 0.1) is 0 Å². The van der Waals surface area contributed by atoms with Crippen LogP contribution in [0.5, 0.6) is 0 Å². The lowest BCUT2D eigenvalue weighted by atomic mass is 10.0. The van der Waals surface area contributed by atoms with Gasteiger partial charge < -0.3 is 9.84 Å². The lowest BCUT2D eigenvalue weighted by Gasteiger charge is -2.14. The van der Waals surface area contributed by atoms with E-state index < -0.39 is 5.60 Å². The summed E-state index contributed by atoms with van der Waals surface area (Å²) in [6.45, 7) is 3.58. The van der Waals surface area contributed by atoms with Gasteiger partial charge in [-0.05, 0) is 33.1 Å². The molecule has 0 aromatic heterocycles. The van der Waals surface area contributed by atoms with Gasteiger partial charge in [0.2, 0.25) is 0 Å². The molecule has 3 nitrogen and oxygen atoms in total. The fourth-order valence-electron chi connectivity index (χ4n) is 0.813. The van der Waals surface area contributed by atoms with Gasteiger partial charge in [-0.15, -0.1) is 23.2 Å². The van der Waals surface area contributed by atoms with Crippen LogP contribution >= 0.6 is 23.2 Å². The first kappa shape index (κ1) is 18.4. The summed E-state index contributed by atoms with van der Waals surface area (Å²) in [7, 11) is 1.37. The summed E-state index contributed by atoms with van der Waals surface area (Å²) in [5, 5.41) is 9.09. The molecule has 0 saturated carbocycles. The molecule has 0 fully saturated rings. The van der Waals surface area contributed by atoms with Crippen LogP contribution in [0.2, 0.25) is 0 Å². The van der Waals surface area contributed by atoms with Crippen molar-refractivity contribution in [3.05, 3.63) is 0 Å². The van der Waals surface area contributed by atoms with Crippen molar-refractivity contribution in [3.8, 4) is 0 Å². The summed E-state index contributed by atoms with van der Waals surface area (Å²) in [5.74, 6) is 0.977. The highest BCUT2D eigenvalue weighted by molar-refractivity contribution is 6.18. The predicted octanol–water partition coefficient (Wildman–Crippen LogP) is 2.95. The van der Waals surface area contributed by atoms with Gasteiger partial charge in [0.1, 0.15) is 0 Å². The molecule has 0 heterocycles. The molecule has 0 aromatic rings. The Kier molecular flexibility index (Phi) is 13.2. The fourth-order valence-corrected chi connectivity index (χ4v) is 1.08. The quantitative estimate of drug-likeness (QED) is 0.598. The van der Waals surface area contributed by atoms with E-state index in [1.165, 1.54) is 7.11 Å². The third kappa shape index (κ3) is 19.6. The largest absolute Gasteiger partial charge is 0.469 e. The van der Waals surface area contributed by atoms with E-state index in [9.17, 15) is 4.79 Å². The van der Waals surface area contributed by atoms with Crippen molar-refractivity contribution >= 4 is 29.2 Å². The number of halogens is 2. The van der Waals surface area contributed by atoms with Crippen LogP contribution < -0.4 is 0 Å². The van der Waals surface area contributed by atoms with Crippen LogP contribution in [0.1, 0.15) is 39.5 Å². The Bertz CT molecular complexity index is 167. The molecule has 0 bridgehead atoms. The number of esters is 1. The highest BCUT2D eigenvalue weighted by Gasteiger charge is 2.09. The molecular formula is C11H22Cl2O3. The zero-order valence-electron chi connectivity index (χ0n) is 10.3. The van der Waals surface area contributed by atoms with Crippen LogP contribution in [0.4, 0.5) is 0 Å². The maximum atomic E-state index is 10.3. The fraction of sp³-hybridized carbons (Fsp3) is 0.909. The zero-order chi connectivity index (χ0) is 13.0. The number of carbonyl (C=O) groups is 1. The zero-order valence-corrected chi connectivity index (χ0v) is 11.8. The number of carbonyl (C=O) groups excluding carboxylic acids is 1. The molecule has 5 heteroatoms. The Morgan fingerprint density at radius 3 is 2.00 bits per heavy atom. The molecule has 0 atom stereocenters. The molecule has 1 N–H and O–H groups in total. The van der Waals surface area contributed by atoms with Crippen molar-refractivity contribution in [2.24, 2.45) is 0 Å².